The highest BCUT2D eigenvalue weighted by Crippen LogP contribution is 2.37. The molecule has 8 heteroatoms. The van der Waals surface area contributed by atoms with Crippen LogP contribution in [0.2, 0.25) is 0 Å². The molecule has 0 radical (unpaired) electrons. The van der Waals surface area contributed by atoms with E-state index in [4.69, 9.17) is 9.47 Å². The van der Waals surface area contributed by atoms with Crippen LogP contribution in [0.5, 0.6) is 11.5 Å². The summed E-state index contributed by atoms with van der Waals surface area (Å²) in [6, 6.07) is 12.1. The smallest absolute Gasteiger partial charge is 0.344 e. The number of phenolic OH excluding ortho intramolecular Hbond substituents is 1. The van der Waals surface area contributed by atoms with Crippen molar-refractivity contribution in [2.24, 2.45) is 0 Å². The van der Waals surface area contributed by atoms with Crippen molar-refractivity contribution in [2.75, 3.05) is 25.2 Å². The van der Waals surface area contributed by atoms with Gasteiger partial charge in [0.1, 0.15) is 23.1 Å². The van der Waals surface area contributed by atoms with Crippen LogP contribution in [0, 0.1) is 17.5 Å². The largest absolute Gasteiger partial charge is 0.508 e. The SMILES string of the molecule is CCOC(=O)COc1ccc(F)c(N(C)c2cc(O)cc(-c3cccc(F)c3)c2)c1F. The molecule has 0 aliphatic carbocycles. The number of esters is 1. The number of carbonyl (C=O) groups is 1. The average Bonchev–Trinajstić information content (AvgIpc) is 2.73. The van der Waals surface area contributed by atoms with Gasteiger partial charge in [-0.05, 0) is 54.4 Å². The quantitative estimate of drug-likeness (QED) is 0.522. The molecule has 162 valence electrons. The number of phenols is 1. The van der Waals surface area contributed by atoms with Crippen LogP contribution in [0.15, 0.2) is 54.6 Å². The predicted octanol–water partition coefficient (Wildman–Crippen LogP) is 5.19. The van der Waals surface area contributed by atoms with Crippen molar-refractivity contribution in [2.45, 2.75) is 6.92 Å². The van der Waals surface area contributed by atoms with Gasteiger partial charge in [-0.3, -0.25) is 0 Å². The van der Waals surface area contributed by atoms with Gasteiger partial charge in [0, 0.05) is 18.8 Å². The summed E-state index contributed by atoms with van der Waals surface area (Å²) in [5.41, 5.74) is 0.742. The number of carbonyl (C=O) groups excluding carboxylic acids is 1. The third-order valence-corrected chi connectivity index (χ3v) is 4.47. The third kappa shape index (κ3) is 5.09. The lowest BCUT2D eigenvalue weighted by Gasteiger charge is -2.23. The van der Waals surface area contributed by atoms with E-state index in [0.717, 1.165) is 12.1 Å². The van der Waals surface area contributed by atoms with Crippen LogP contribution < -0.4 is 9.64 Å². The Hall–Kier alpha value is -3.68. The molecule has 31 heavy (non-hydrogen) atoms. The zero-order chi connectivity index (χ0) is 22.5. The van der Waals surface area contributed by atoms with Crippen LogP contribution in [0.4, 0.5) is 24.5 Å². The summed E-state index contributed by atoms with van der Waals surface area (Å²) in [7, 11) is 1.40. The lowest BCUT2D eigenvalue weighted by atomic mass is 10.0. The third-order valence-electron chi connectivity index (χ3n) is 4.47. The van der Waals surface area contributed by atoms with Gasteiger partial charge in [-0.15, -0.1) is 0 Å². The maximum atomic E-state index is 15.0. The van der Waals surface area contributed by atoms with Gasteiger partial charge < -0.3 is 19.5 Å². The number of rotatable bonds is 7. The highest BCUT2D eigenvalue weighted by atomic mass is 19.1. The Kier molecular flexibility index (Phi) is 6.69. The van der Waals surface area contributed by atoms with Gasteiger partial charge in [0.2, 0.25) is 0 Å². The number of aromatic hydroxyl groups is 1. The van der Waals surface area contributed by atoms with E-state index in [0.29, 0.717) is 11.1 Å². The normalized spacial score (nSPS) is 10.6. The number of hydrogen-bond acceptors (Lipinski definition) is 5. The van der Waals surface area contributed by atoms with E-state index in [-0.39, 0.29) is 23.8 Å². The molecule has 0 amide bonds. The molecule has 0 aromatic heterocycles. The number of ether oxygens (including phenoxy) is 2. The van der Waals surface area contributed by atoms with E-state index in [9.17, 15) is 18.7 Å². The van der Waals surface area contributed by atoms with Crippen LogP contribution >= 0.6 is 0 Å². The van der Waals surface area contributed by atoms with Gasteiger partial charge in [0.05, 0.1) is 6.61 Å². The van der Waals surface area contributed by atoms with Crippen molar-refractivity contribution in [3.63, 3.8) is 0 Å². The molecule has 3 aromatic rings. The van der Waals surface area contributed by atoms with Gasteiger partial charge in [-0.25, -0.2) is 18.0 Å². The molecule has 3 rings (SSSR count). The fourth-order valence-electron chi connectivity index (χ4n) is 3.03. The Morgan fingerprint density at radius 2 is 1.81 bits per heavy atom. The molecule has 0 saturated heterocycles. The van der Waals surface area contributed by atoms with Crippen LogP contribution in [0.1, 0.15) is 6.92 Å². The van der Waals surface area contributed by atoms with Crippen LogP contribution in [-0.2, 0) is 9.53 Å². The monoisotopic (exact) mass is 431 g/mol. The molecular weight excluding hydrogens is 411 g/mol. The lowest BCUT2D eigenvalue weighted by Crippen LogP contribution is -2.17. The highest BCUT2D eigenvalue weighted by molar-refractivity contribution is 5.75. The number of anilines is 2. The summed E-state index contributed by atoms with van der Waals surface area (Å²) >= 11 is 0. The summed E-state index contributed by atoms with van der Waals surface area (Å²) in [6.45, 7) is 1.24. The Bertz CT molecular complexity index is 1100. The fourth-order valence-corrected chi connectivity index (χ4v) is 3.03. The van der Waals surface area contributed by atoms with Crippen LogP contribution in [0.3, 0.4) is 0 Å². The van der Waals surface area contributed by atoms with Crippen molar-refractivity contribution in [1.29, 1.82) is 0 Å². The summed E-state index contributed by atoms with van der Waals surface area (Å²) in [6.07, 6.45) is 0. The first-order valence-electron chi connectivity index (χ1n) is 9.40. The van der Waals surface area contributed by atoms with Gasteiger partial charge in [0.25, 0.3) is 0 Å². The molecule has 5 nitrogen and oxygen atoms in total. The molecule has 0 saturated carbocycles. The first-order chi connectivity index (χ1) is 14.8. The average molecular weight is 431 g/mol. The Morgan fingerprint density at radius 3 is 2.52 bits per heavy atom. The fraction of sp³-hybridized carbons (Fsp3) is 0.174. The number of hydrogen-bond donors (Lipinski definition) is 1. The molecule has 0 atom stereocenters. The second kappa shape index (κ2) is 9.42. The van der Waals surface area contributed by atoms with E-state index in [1.54, 1.807) is 19.1 Å². The highest BCUT2D eigenvalue weighted by Gasteiger charge is 2.21. The minimum atomic E-state index is -1.03. The molecule has 0 aliphatic heterocycles. The first-order valence-corrected chi connectivity index (χ1v) is 9.40. The van der Waals surface area contributed by atoms with Crippen molar-refractivity contribution >= 4 is 17.3 Å². The minimum Gasteiger partial charge on any atom is -0.508 e. The molecule has 0 spiro atoms. The van der Waals surface area contributed by atoms with E-state index < -0.39 is 35.7 Å². The Balaban J connectivity index is 1.96. The molecule has 0 fully saturated rings. The van der Waals surface area contributed by atoms with E-state index in [1.165, 1.54) is 42.3 Å². The van der Waals surface area contributed by atoms with Crippen molar-refractivity contribution in [3.05, 3.63) is 72.0 Å². The lowest BCUT2D eigenvalue weighted by molar-refractivity contribution is -0.145. The summed E-state index contributed by atoms with van der Waals surface area (Å²) in [5.74, 6) is -3.55. The zero-order valence-corrected chi connectivity index (χ0v) is 16.9. The molecule has 0 bridgehead atoms. The molecule has 1 N–H and O–H groups in total. The molecule has 3 aromatic carbocycles. The molecule has 0 aliphatic rings. The second-order valence-electron chi connectivity index (χ2n) is 6.61. The Labute approximate surface area is 177 Å². The number of nitrogens with zero attached hydrogens (tertiary/aromatic N) is 1. The van der Waals surface area contributed by atoms with Crippen LogP contribution in [-0.4, -0.2) is 31.3 Å². The summed E-state index contributed by atoms with van der Waals surface area (Å²) < 4.78 is 53.0. The number of halogens is 3. The zero-order valence-electron chi connectivity index (χ0n) is 16.9. The Morgan fingerprint density at radius 1 is 1.03 bits per heavy atom. The molecule has 0 unspecified atom stereocenters. The topological polar surface area (TPSA) is 59.0 Å². The van der Waals surface area contributed by atoms with Crippen molar-refractivity contribution in [1.82, 2.24) is 0 Å². The van der Waals surface area contributed by atoms with E-state index >= 15 is 4.39 Å². The first kappa shape index (κ1) is 22.0. The van der Waals surface area contributed by atoms with Gasteiger partial charge in [-0.1, -0.05) is 12.1 Å². The predicted molar refractivity (Wildman–Crippen MR) is 110 cm³/mol. The minimum absolute atomic E-state index is 0.146. The number of benzene rings is 3. The van der Waals surface area contributed by atoms with E-state index in [1.807, 2.05) is 0 Å². The second-order valence-corrected chi connectivity index (χ2v) is 6.61. The van der Waals surface area contributed by atoms with Gasteiger partial charge in [-0.2, -0.15) is 0 Å². The maximum absolute atomic E-state index is 15.0. The standard InChI is InChI=1S/C23H20F3NO4/c1-3-30-21(29)13-31-20-8-7-19(25)23(22(20)26)27(2)17-10-15(11-18(28)12-17)14-5-4-6-16(24)9-14/h4-12,28H,3,13H2,1-2H3. The van der Waals surface area contributed by atoms with Crippen molar-refractivity contribution < 1.29 is 32.5 Å². The molecular formula is C23H20F3NO4. The summed E-state index contributed by atoms with van der Waals surface area (Å²) in [4.78, 5) is 12.6. The maximum Gasteiger partial charge on any atom is 0.344 e. The van der Waals surface area contributed by atoms with Crippen molar-refractivity contribution in [3.8, 4) is 22.6 Å². The summed E-state index contributed by atoms with van der Waals surface area (Å²) in [5, 5.41) is 10.1. The van der Waals surface area contributed by atoms with Gasteiger partial charge >= 0.3 is 5.97 Å². The van der Waals surface area contributed by atoms with E-state index in [2.05, 4.69) is 0 Å². The van der Waals surface area contributed by atoms with Gasteiger partial charge in [0.15, 0.2) is 18.2 Å². The molecule has 0 heterocycles. The van der Waals surface area contributed by atoms with Crippen LogP contribution in [0.25, 0.3) is 11.1 Å².